The van der Waals surface area contributed by atoms with Crippen LogP contribution in [0, 0.1) is 0 Å². The average Bonchev–Trinajstić information content (AvgIpc) is 3.25. The number of esters is 1. The van der Waals surface area contributed by atoms with Crippen molar-refractivity contribution in [2.24, 2.45) is 0 Å². The quantitative estimate of drug-likeness (QED) is 0.219. The first kappa shape index (κ1) is 16.8. The van der Waals surface area contributed by atoms with Crippen molar-refractivity contribution in [2.45, 2.75) is 13.0 Å². The lowest BCUT2D eigenvalue weighted by Gasteiger charge is -2.13. The molecule has 0 saturated heterocycles. The number of furan rings is 1. The van der Waals surface area contributed by atoms with Gasteiger partial charge < -0.3 is 14.3 Å². The summed E-state index contributed by atoms with van der Waals surface area (Å²) in [5, 5.41) is 9.91. The fourth-order valence-electron chi connectivity index (χ4n) is 3.05. The third-order valence-electron chi connectivity index (χ3n) is 4.53. The lowest BCUT2D eigenvalue weighted by molar-refractivity contribution is 0.0292. The molecule has 5 nitrogen and oxygen atoms in total. The standard InChI is InChI=1S/C24H16Br2O5/c1-13(30-24(29)14-7-3-2-4-8-14)23-20(16-9-5-6-10-19(16)31-23)21(27)15-11-17(25)22(28)18(26)12-15/h2-13,28H,1H3/i5D,6D,9D,10D. The summed E-state index contributed by atoms with van der Waals surface area (Å²) >= 11 is 6.37. The van der Waals surface area contributed by atoms with E-state index in [1.54, 1.807) is 30.3 Å². The average molecular weight is 548 g/mol. The summed E-state index contributed by atoms with van der Waals surface area (Å²) in [6.07, 6.45) is -1.11. The van der Waals surface area contributed by atoms with Crippen LogP contribution in [-0.2, 0) is 4.74 Å². The van der Waals surface area contributed by atoms with Crippen LogP contribution in [0.2, 0.25) is 0 Å². The minimum atomic E-state index is -1.11. The van der Waals surface area contributed by atoms with Crippen molar-refractivity contribution in [3.63, 3.8) is 0 Å². The highest BCUT2D eigenvalue weighted by Gasteiger charge is 2.28. The van der Waals surface area contributed by atoms with Gasteiger partial charge in [0.25, 0.3) is 0 Å². The van der Waals surface area contributed by atoms with Gasteiger partial charge in [-0.1, -0.05) is 36.3 Å². The Hall–Kier alpha value is -2.90. The van der Waals surface area contributed by atoms with Gasteiger partial charge in [0.2, 0.25) is 0 Å². The highest BCUT2D eigenvalue weighted by atomic mass is 79.9. The number of aromatic hydroxyl groups is 1. The molecule has 3 aromatic carbocycles. The predicted molar refractivity (Wildman–Crippen MR) is 123 cm³/mol. The maximum absolute atomic E-state index is 13.7. The molecule has 0 aliphatic heterocycles. The lowest BCUT2D eigenvalue weighted by atomic mass is 9.98. The van der Waals surface area contributed by atoms with Gasteiger partial charge in [-0.05, 0) is 69.1 Å². The van der Waals surface area contributed by atoms with E-state index in [4.69, 9.17) is 14.6 Å². The van der Waals surface area contributed by atoms with Crippen LogP contribution in [0.25, 0.3) is 11.0 Å². The molecule has 0 radical (unpaired) electrons. The van der Waals surface area contributed by atoms with Gasteiger partial charge in [0.1, 0.15) is 11.3 Å². The van der Waals surface area contributed by atoms with Gasteiger partial charge >= 0.3 is 5.97 Å². The largest absolute Gasteiger partial charge is 0.506 e. The van der Waals surface area contributed by atoms with E-state index >= 15 is 0 Å². The van der Waals surface area contributed by atoms with Crippen LogP contribution in [0.4, 0.5) is 0 Å². The molecule has 0 spiro atoms. The van der Waals surface area contributed by atoms with Crippen LogP contribution < -0.4 is 0 Å². The summed E-state index contributed by atoms with van der Waals surface area (Å²) in [5.74, 6) is -1.56. The minimum absolute atomic E-state index is 0.0968. The SMILES string of the molecule is [2H]c1c([2H])c([2H])c2c(C(=O)c3cc(Br)c(O)c(Br)c3)c(C(C)OC(=O)c3ccccc3)oc2c1[2H]. The van der Waals surface area contributed by atoms with Crippen LogP contribution in [-0.4, -0.2) is 16.9 Å². The number of phenols is 1. The molecule has 156 valence electrons. The third-order valence-corrected chi connectivity index (χ3v) is 5.74. The first-order valence-corrected chi connectivity index (χ1v) is 10.6. The molecule has 0 saturated carbocycles. The van der Waals surface area contributed by atoms with Crippen LogP contribution in [0.5, 0.6) is 5.75 Å². The minimum Gasteiger partial charge on any atom is -0.506 e. The van der Waals surface area contributed by atoms with Gasteiger partial charge in [-0.25, -0.2) is 4.79 Å². The number of ether oxygens (including phenoxy) is 1. The van der Waals surface area contributed by atoms with Crippen LogP contribution in [0.1, 0.15) is 50.6 Å². The van der Waals surface area contributed by atoms with Gasteiger partial charge in [-0.2, -0.15) is 0 Å². The van der Waals surface area contributed by atoms with E-state index in [0.29, 0.717) is 0 Å². The van der Waals surface area contributed by atoms with Crippen molar-refractivity contribution in [3.05, 3.63) is 98.0 Å². The molecule has 4 aromatic rings. The normalized spacial score (nSPS) is 13.8. The van der Waals surface area contributed by atoms with E-state index in [0.717, 1.165) is 0 Å². The van der Waals surface area contributed by atoms with Crippen molar-refractivity contribution < 1.29 is 29.3 Å². The van der Waals surface area contributed by atoms with Crippen molar-refractivity contribution in [1.29, 1.82) is 0 Å². The molecular formula is C24H16Br2O5. The summed E-state index contributed by atoms with van der Waals surface area (Å²) in [6, 6.07) is 8.97. The summed E-state index contributed by atoms with van der Waals surface area (Å²) in [6.45, 7) is 1.48. The third kappa shape index (κ3) is 4.16. The van der Waals surface area contributed by atoms with Crippen molar-refractivity contribution >= 4 is 54.6 Å². The van der Waals surface area contributed by atoms with Gasteiger partial charge in [0, 0.05) is 10.9 Å². The van der Waals surface area contributed by atoms with Crippen LogP contribution in [0.15, 0.2) is 80.0 Å². The number of carbonyl (C=O) groups excluding carboxylic acids is 2. The number of halogens is 2. The van der Waals surface area contributed by atoms with E-state index in [9.17, 15) is 14.7 Å². The Labute approximate surface area is 200 Å². The van der Waals surface area contributed by atoms with Crippen LogP contribution in [0.3, 0.4) is 0 Å². The summed E-state index contributed by atoms with van der Waals surface area (Å²) in [4.78, 5) is 26.3. The molecule has 1 unspecified atom stereocenters. The number of phenolic OH excluding ortho intramolecular Hbond substituents is 1. The summed E-state index contributed by atoms with van der Waals surface area (Å²) in [7, 11) is 0. The zero-order valence-electron chi connectivity index (χ0n) is 20.0. The maximum atomic E-state index is 13.7. The number of hydrogen-bond donors (Lipinski definition) is 1. The number of carbonyl (C=O) groups is 2. The maximum Gasteiger partial charge on any atom is 0.338 e. The Morgan fingerprint density at radius 3 is 2.39 bits per heavy atom. The van der Waals surface area contributed by atoms with Crippen molar-refractivity contribution in [2.75, 3.05) is 0 Å². The fraction of sp³-hybridized carbons (Fsp3) is 0.0833. The second kappa shape index (κ2) is 8.69. The van der Waals surface area contributed by atoms with E-state index in [-0.39, 0.29) is 48.1 Å². The first-order valence-electron chi connectivity index (χ1n) is 11.0. The molecule has 4 rings (SSSR count). The number of para-hydroxylation sites is 1. The molecule has 0 fully saturated rings. The molecule has 7 heteroatoms. The molecule has 31 heavy (non-hydrogen) atoms. The Morgan fingerprint density at radius 1 is 1.06 bits per heavy atom. The zero-order valence-corrected chi connectivity index (χ0v) is 19.1. The van der Waals surface area contributed by atoms with E-state index < -0.39 is 42.0 Å². The fourth-order valence-corrected chi connectivity index (χ4v) is 4.23. The molecule has 0 aliphatic rings. The Balaban J connectivity index is 1.93. The molecule has 1 heterocycles. The second-order valence-electron chi connectivity index (χ2n) is 6.58. The molecule has 0 aliphatic carbocycles. The Morgan fingerprint density at radius 2 is 1.71 bits per heavy atom. The van der Waals surface area contributed by atoms with E-state index in [2.05, 4.69) is 31.9 Å². The number of fused-ring (bicyclic) bond motifs is 1. The first-order chi connectivity index (χ1) is 16.5. The Bertz CT molecular complexity index is 1480. The number of hydrogen-bond acceptors (Lipinski definition) is 5. The zero-order chi connectivity index (χ0) is 25.6. The molecule has 0 amide bonds. The van der Waals surface area contributed by atoms with Gasteiger partial charge in [0.15, 0.2) is 17.6 Å². The van der Waals surface area contributed by atoms with E-state index in [1.807, 2.05) is 0 Å². The van der Waals surface area contributed by atoms with Gasteiger partial charge in [-0.15, -0.1) is 0 Å². The molecule has 1 N–H and O–H groups in total. The highest BCUT2D eigenvalue weighted by molar-refractivity contribution is 9.11. The molecule has 1 atom stereocenters. The number of ketones is 1. The van der Waals surface area contributed by atoms with Gasteiger partial charge in [0.05, 0.1) is 25.6 Å². The summed E-state index contributed by atoms with van der Waals surface area (Å²) in [5.41, 5.74) is -0.0165. The highest BCUT2D eigenvalue weighted by Crippen LogP contribution is 2.37. The van der Waals surface area contributed by atoms with Crippen molar-refractivity contribution in [1.82, 2.24) is 0 Å². The topological polar surface area (TPSA) is 76.7 Å². The molecule has 0 bridgehead atoms. The van der Waals surface area contributed by atoms with Crippen molar-refractivity contribution in [3.8, 4) is 5.75 Å². The lowest BCUT2D eigenvalue weighted by Crippen LogP contribution is -2.12. The van der Waals surface area contributed by atoms with Crippen LogP contribution >= 0.6 is 31.9 Å². The predicted octanol–water partition coefficient (Wildman–Crippen LogP) is 6.81. The molecule has 1 aromatic heterocycles. The summed E-state index contributed by atoms with van der Waals surface area (Å²) < 4.78 is 44.5. The molecular weight excluding hydrogens is 528 g/mol. The smallest absolute Gasteiger partial charge is 0.338 e. The van der Waals surface area contributed by atoms with Gasteiger partial charge in [-0.3, -0.25) is 4.79 Å². The Kier molecular flexibility index (Phi) is 4.69. The van der Waals surface area contributed by atoms with E-state index in [1.165, 1.54) is 19.1 Å². The number of rotatable bonds is 5. The monoisotopic (exact) mass is 546 g/mol. The number of benzene rings is 3. The second-order valence-corrected chi connectivity index (χ2v) is 8.29.